The summed E-state index contributed by atoms with van der Waals surface area (Å²) in [5.41, 5.74) is 2.50. The highest BCUT2D eigenvalue weighted by Crippen LogP contribution is 2.23. The summed E-state index contributed by atoms with van der Waals surface area (Å²) in [4.78, 5) is 0. The van der Waals surface area contributed by atoms with Crippen molar-refractivity contribution >= 4 is 34.8 Å². The fraction of sp³-hybridized carbons (Fsp3) is 0.389. The third kappa shape index (κ3) is 6.28. The number of thioether (sulfide) groups is 1. The maximum Gasteiger partial charge on any atom is 0.170 e. The Morgan fingerprint density at radius 2 is 1.91 bits per heavy atom. The van der Waals surface area contributed by atoms with Crippen LogP contribution in [0.5, 0.6) is 0 Å². The molecule has 0 atom stereocenters. The number of hydrogen-bond acceptors (Lipinski definition) is 3. The van der Waals surface area contributed by atoms with Crippen molar-refractivity contribution in [3.8, 4) is 0 Å². The van der Waals surface area contributed by atoms with E-state index in [9.17, 15) is 0 Å². The van der Waals surface area contributed by atoms with Gasteiger partial charge in [0.1, 0.15) is 5.76 Å². The van der Waals surface area contributed by atoms with Gasteiger partial charge in [0.25, 0.3) is 0 Å². The molecule has 2 N–H and O–H groups in total. The maximum absolute atomic E-state index is 5.32. The largest absolute Gasteiger partial charge is 0.468 e. The first-order chi connectivity index (χ1) is 10.9. The van der Waals surface area contributed by atoms with E-state index in [2.05, 4.69) is 55.7 Å². The molecule has 0 amide bonds. The minimum Gasteiger partial charge on any atom is -0.468 e. The molecule has 5 heteroatoms. The van der Waals surface area contributed by atoms with Gasteiger partial charge in [0.15, 0.2) is 5.11 Å². The van der Waals surface area contributed by atoms with Crippen molar-refractivity contribution in [2.45, 2.75) is 31.9 Å². The molecular weight excluding hydrogens is 324 g/mol. The van der Waals surface area contributed by atoms with E-state index in [1.165, 1.54) is 5.56 Å². The van der Waals surface area contributed by atoms with E-state index in [0.717, 1.165) is 29.5 Å². The Kier molecular flexibility index (Phi) is 6.54. The van der Waals surface area contributed by atoms with Gasteiger partial charge in [-0.2, -0.15) is 11.8 Å². The summed E-state index contributed by atoms with van der Waals surface area (Å²) in [6.07, 6.45) is 1.71. The first-order valence-corrected chi connectivity index (χ1v) is 9.27. The van der Waals surface area contributed by atoms with Crippen LogP contribution in [0.1, 0.15) is 32.1 Å². The molecule has 23 heavy (non-hydrogen) atoms. The predicted molar refractivity (Wildman–Crippen MR) is 104 cm³/mol. The third-order valence-electron chi connectivity index (χ3n) is 3.37. The van der Waals surface area contributed by atoms with Gasteiger partial charge in [-0.1, -0.05) is 32.9 Å². The predicted octanol–water partition coefficient (Wildman–Crippen LogP) is 4.80. The molecule has 0 saturated heterocycles. The Hall–Kier alpha value is -1.46. The van der Waals surface area contributed by atoms with Crippen molar-refractivity contribution in [2.75, 3.05) is 17.6 Å². The summed E-state index contributed by atoms with van der Waals surface area (Å²) in [5, 5.41) is 7.10. The van der Waals surface area contributed by atoms with E-state index in [1.54, 1.807) is 6.26 Å². The summed E-state index contributed by atoms with van der Waals surface area (Å²) >= 11 is 7.14. The smallest absolute Gasteiger partial charge is 0.170 e. The fourth-order valence-electron chi connectivity index (χ4n) is 2.03. The van der Waals surface area contributed by atoms with Crippen molar-refractivity contribution < 1.29 is 4.42 Å². The molecular formula is C18H24N2OS2. The number of anilines is 1. The quantitative estimate of drug-likeness (QED) is 0.579. The van der Waals surface area contributed by atoms with Gasteiger partial charge < -0.3 is 15.1 Å². The molecule has 1 aromatic carbocycles. The lowest BCUT2D eigenvalue weighted by Gasteiger charge is -2.19. The van der Waals surface area contributed by atoms with Crippen molar-refractivity contribution in [1.29, 1.82) is 0 Å². The SMILES string of the molecule is CC(C)(C)c1ccc(NC(=S)NCCSCc2ccco2)cc1. The first kappa shape index (κ1) is 17.9. The van der Waals surface area contributed by atoms with E-state index in [1.807, 2.05) is 23.9 Å². The molecule has 0 aliphatic carbocycles. The lowest BCUT2D eigenvalue weighted by molar-refractivity contribution is 0.530. The van der Waals surface area contributed by atoms with Crippen LogP contribution in [-0.4, -0.2) is 17.4 Å². The van der Waals surface area contributed by atoms with E-state index in [-0.39, 0.29) is 5.41 Å². The molecule has 0 fully saturated rings. The van der Waals surface area contributed by atoms with Crippen LogP contribution in [0.4, 0.5) is 5.69 Å². The van der Waals surface area contributed by atoms with Gasteiger partial charge in [-0.3, -0.25) is 0 Å². The first-order valence-electron chi connectivity index (χ1n) is 7.71. The third-order valence-corrected chi connectivity index (χ3v) is 4.59. The van der Waals surface area contributed by atoms with Crippen LogP contribution in [0, 0.1) is 0 Å². The van der Waals surface area contributed by atoms with Crippen LogP contribution in [0.3, 0.4) is 0 Å². The zero-order chi connectivity index (χ0) is 16.7. The van der Waals surface area contributed by atoms with Crippen LogP contribution in [0.15, 0.2) is 47.1 Å². The lowest BCUT2D eigenvalue weighted by atomic mass is 9.87. The molecule has 124 valence electrons. The molecule has 2 aromatic rings. The number of thiocarbonyl (C=S) groups is 1. The summed E-state index contributed by atoms with van der Waals surface area (Å²) in [5.74, 6) is 2.88. The van der Waals surface area contributed by atoms with Gasteiger partial charge in [-0.25, -0.2) is 0 Å². The van der Waals surface area contributed by atoms with Gasteiger partial charge in [-0.05, 0) is 47.5 Å². The van der Waals surface area contributed by atoms with Crippen LogP contribution < -0.4 is 10.6 Å². The molecule has 0 aliphatic heterocycles. The molecule has 0 aliphatic rings. The van der Waals surface area contributed by atoms with Crippen LogP contribution in [0.2, 0.25) is 0 Å². The Morgan fingerprint density at radius 1 is 1.17 bits per heavy atom. The second kappa shape index (κ2) is 8.41. The molecule has 1 aromatic heterocycles. The summed E-state index contributed by atoms with van der Waals surface area (Å²) in [6, 6.07) is 12.3. The van der Waals surface area contributed by atoms with Gasteiger partial charge in [0.05, 0.1) is 12.0 Å². The molecule has 1 heterocycles. The minimum absolute atomic E-state index is 0.169. The van der Waals surface area contributed by atoms with E-state index < -0.39 is 0 Å². The highest BCUT2D eigenvalue weighted by Gasteiger charge is 2.12. The van der Waals surface area contributed by atoms with Crippen molar-refractivity contribution in [1.82, 2.24) is 5.32 Å². The monoisotopic (exact) mass is 348 g/mol. The topological polar surface area (TPSA) is 37.2 Å². The van der Waals surface area contributed by atoms with Gasteiger partial charge in [0, 0.05) is 18.0 Å². The fourth-order valence-corrected chi connectivity index (χ4v) is 3.01. The van der Waals surface area contributed by atoms with Gasteiger partial charge in [0.2, 0.25) is 0 Å². The summed E-state index contributed by atoms with van der Waals surface area (Å²) in [6.45, 7) is 7.46. The lowest BCUT2D eigenvalue weighted by Crippen LogP contribution is -2.30. The zero-order valence-electron chi connectivity index (χ0n) is 13.9. The Morgan fingerprint density at radius 3 is 2.52 bits per heavy atom. The molecule has 0 unspecified atom stereocenters. The van der Waals surface area contributed by atoms with Crippen LogP contribution in [-0.2, 0) is 11.2 Å². The van der Waals surface area contributed by atoms with Crippen molar-refractivity contribution in [2.24, 2.45) is 0 Å². The second-order valence-electron chi connectivity index (χ2n) is 6.34. The minimum atomic E-state index is 0.169. The van der Waals surface area contributed by atoms with E-state index in [0.29, 0.717) is 5.11 Å². The zero-order valence-corrected chi connectivity index (χ0v) is 15.5. The molecule has 3 nitrogen and oxygen atoms in total. The summed E-state index contributed by atoms with van der Waals surface area (Å²) < 4.78 is 5.29. The average Bonchev–Trinajstić information content (AvgIpc) is 3.00. The number of rotatable bonds is 6. The Bertz CT molecular complexity index is 601. The number of benzene rings is 1. The molecule has 0 spiro atoms. The second-order valence-corrected chi connectivity index (χ2v) is 7.85. The van der Waals surface area contributed by atoms with Crippen molar-refractivity contribution in [3.05, 3.63) is 54.0 Å². The standard InChI is InChI=1S/C18H24N2OS2/c1-18(2,3)14-6-8-15(9-7-14)20-17(22)19-10-12-23-13-16-5-4-11-21-16/h4-9,11H,10,12-13H2,1-3H3,(H2,19,20,22). The molecule has 2 rings (SSSR count). The molecule has 0 radical (unpaired) electrons. The van der Waals surface area contributed by atoms with Crippen molar-refractivity contribution in [3.63, 3.8) is 0 Å². The summed E-state index contributed by atoms with van der Waals surface area (Å²) in [7, 11) is 0. The highest BCUT2D eigenvalue weighted by molar-refractivity contribution is 7.98. The number of nitrogens with one attached hydrogen (secondary N) is 2. The Labute approximate surface area is 148 Å². The highest BCUT2D eigenvalue weighted by atomic mass is 32.2. The maximum atomic E-state index is 5.32. The molecule has 0 saturated carbocycles. The number of furan rings is 1. The normalized spacial score (nSPS) is 11.3. The average molecular weight is 349 g/mol. The van der Waals surface area contributed by atoms with Gasteiger partial charge in [-0.15, -0.1) is 0 Å². The van der Waals surface area contributed by atoms with Crippen LogP contribution in [0.25, 0.3) is 0 Å². The van der Waals surface area contributed by atoms with E-state index in [4.69, 9.17) is 16.6 Å². The van der Waals surface area contributed by atoms with Crippen LogP contribution >= 0.6 is 24.0 Å². The number of hydrogen-bond donors (Lipinski definition) is 2. The van der Waals surface area contributed by atoms with E-state index >= 15 is 0 Å². The molecule has 0 bridgehead atoms. The van der Waals surface area contributed by atoms with Gasteiger partial charge >= 0.3 is 0 Å². The Balaban J connectivity index is 1.66.